The normalized spacial score (nSPS) is 10.9. The first-order chi connectivity index (χ1) is 14.6. The van der Waals surface area contributed by atoms with Crippen molar-refractivity contribution in [2.75, 3.05) is 6.54 Å². The van der Waals surface area contributed by atoms with Crippen LogP contribution >= 0.6 is 0 Å². The van der Waals surface area contributed by atoms with E-state index in [2.05, 4.69) is 5.32 Å². The Morgan fingerprint density at radius 1 is 1.00 bits per heavy atom. The lowest BCUT2D eigenvalue weighted by atomic mass is 10.1. The molecule has 7 nitrogen and oxygen atoms in total. The Kier molecular flexibility index (Phi) is 5.36. The summed E-state index contributed by atoms with van der Waals surface area (Å²) in [5.41, 5.74) is 5.85. The highest BCUT2D eigenvalue weighted by Crippen LogP contribution is 2.29. The van der Waals surface area contributed by atoms with Gasteiger partial charge in [0.2, 0.25) is 0 Å². The van der Waals surface area contributed by atoms with E-state index in [9.17, 15) is 9.59 Å². The molecule has 152 valence electrons. The van der Waals surface area contributed by atoms with E-state index in [0.717, 1.165) is 22.4 Å². The third kappa shape index (κ3) is 3.83. The summed E-state index contributed by atoms with van der Waals surface area (Å²) in [6.07, 6.45) is 0.553. The monoisotopic (exact) mass is 403 g/mol. The SMILES string of the molecule is Cn1c(C(=O)NCCc2cccc(C(=O)NO)c2)cc2oc(-c3ccccc3)cc21. The van der Waals surface area contributed by atoms with Gasteiger partial charge < -0.3 is 14.3 Å². The van der Waals surface area contributed by atoms with Crippen molar-refractivity contribution < 1.29 is 19.2 Å². The van der Waals surface area contributed by atoms with E-state index in [-0.39, 0.29) is 5.91 Å². The smallest absolute Gasteiger partial charge is 0.274 e. The quantitative estimate of drug-likeness (QED) is 0.339. The third-order valence-electron chi connectivity index (χ3n) is 5.01. The average molecular weight is 403 g/mol. The van der Waals surface area contributed by atoms with Crippen molar-refractivity contribution in [3.05, 3.63) is 83.6 Å². The van der Waals surface area contributed by atoms with Crippen LogP contribution in [0.25, 0.3) is 22.4 Å². The molecule has 0 spiro atoms. The molecule has 0 unspecified atom stereocenters. The minimum atomic E-state index is -0.567. The summed E-state index contributed by atoms with van der Waals surface area (Å²) in [4.78, 5) is 24.1. The molecule has 2 aromatic heterocycles. The van der Waals surface area contributed by atoms with E-state index in [4.69, 9.17) is 9.62 Å². The van der Waals surface area contributed by atoms with Gasteiger partial charge in [0.05, 0.1) is 5.52 Å². The van der Waals surface area contributed by atoms with Gasteiger partial charge in [-0.05, 0) is 24.1 Å². The maximum Gasteiger partial charge on any atom is 0.274 e. The third-order valence-corrected chi connectivity index (χ3v) is 5.01. The molecule has 0 aliphatic carbocycles. The molecule has 0 bridgehead atoms. The molecule has 2 aromatic carbocycles. The molecule has 0 aliphatic rings. The van der Waals surface area contributed by atoms with Crippen molar-refractivity contribution in [3.63, 3.8) is 0 Å². The molecule has 30 heavy (non-hydrogen) atoms. The number of hydrogen-bond acceptors (Lipinski definition) is 4. The van der Waals surface area contributed by atoms with E-state index in [0.29, 0.717) is 29.8 Å². The van der Waals surface area contributed by atoms with Crippen LogP contribution in [0.4, 0.5) is 0 Å². The Bertz CT molecular complexity index is 1210. The lowest BCUT2D eigenvalue weighted by Crippen LogP contribution is -2.27. The van der Waals surface area contributed by atoms with E-state index in [1.54, 1.807) is 29.7 Å². The number of carbonyl (C=O) groups is 2. The number of nitrogens with one attached hydrogen (secondary N) is 2. The van der Waals surface area contributed by atoms with Gasteiger partial charge in [-0.3, -0.25) is 14.8 Å². The summed E-state index contributed by atoms with van der Waals surface area (Å²) in [7, 11) is 1.83. The van der Waals surface area contributed by atoms with Gasteiger partial charge in [0, 0.05) is 36.9 Å². The highest BCUT2D eigenvalue weighted by Gasteiger charge is 2.17. The number of rotatable bonds is 6. The predicted octanol–water partition coefficient (Wildman–Crippen LogP) is 3.53. The number of hydroxylamine groups is 1. The molecule has 3 N–H and O–H groups in total. The number of benzene rings is 2. The number of carbonyl (C=O) groups excluding carboxylic acids is 2. The van der Waals surface area contributed by atoms with Gasteiger partial charge in [0.25, 0.3) is 11.8 Å². The number of aryl methyl sites for hydroxylation is 1. The first kappa shape index (κ1) is 19.5. The summed E-state index contributed by atoms with van der Waals surface area (Å²) in [5, 5.41) is 11.6. The number of furan rings is 1. The van der Waals surface area contributed by atoms with Crippen LogP contribution in [0.5, 0.6) is 0 Å². The van der Waals surface area contributed by atoms with Crippen LogP contribution in [-0.4, -0.2) is 28.1 Å². The van der Waals surface area contributed by atoms with Crippen LogP contribution < -0.4 is 10.8 Å². The van der Waals surface area contributed by atoms with E-state index in [1.807, 2.05) is 54.1 Å². The molecule has 2 heterocycles. The fraction of sp³-hybridized carbons (Fsp3) is 0.130. The van der Waals surface area contributed by atoms with Crippen molar-refractivity contribution in [1.29, 1.82) is 0 Å². The molecule has 0 saturated heterocycles. The minimum Gasteiger partial charge on any atom is -0.454 e. The highest BCUT2D eigenvalue weighted by molar-refractivity contribution is 5.98. The number of hydrogen-bond donors (Lipinski definition) is 3. The van der Waals surface area contributed by atoms with Crippen LogP contribution in [0.3, 0.4) is 0 Å². The highest BCUT2D eigenvalue weighted by atomic mass is 16.5. The standard InChI is InChI=1S/C23H21N3O4/c1-26-18-13-20(16-7-3-2-4-8-16)30-21(18)14-19(26)23(28)24-11-10-15-6-5-9-17(12-15)22(27)25-29/h2-9,12-14,29H,10-11H2,1H3,(H,24,28)(H,25,27). The van der Waals surface area contributed by atoms with Crippen LogP contribution in [-0.2, 0) is 13.5 Å². The maximum absolute atomic E-state index is 12.6. The molecular formula is C23H21N3O4. The molecule has 0 saturated carbocycles. The largest absolute Gasteiger partial charge is 0.454 e. The van der Waals surface area contributed by atoms with Crippen molar-refractivity contribution in [3.8, 4) is 11.3 Å². The molecule has 2 amide bonds. The summed E-state index contributed by atoms with van der Waals surface area (Å²) in [5.74, 6) is -0.00786. The summed E-state index contributed by atoms with van der Waals surface area (Å²) in [6, 6.07) is 20.4. The van der Waals surface area contributed by atoms with Gasteiger partial charge in [-0.1, -0.05) is 42.5 Å². The molecule has 4 rings (SSSR count). The summed E-state index contributed by atoms with van der Waals surface area (Å²) < 4.78 is 7.74. The maximum atomic E-state index is 12.6. The second kappa shape index (κ2) is 8.26. The molecular weight excluding hydrogens is 382 g/mol. The van der Waals surface area contributed by atoms with Gasteiger partial charge >= 0.3 is 0 Å². The number of aromatic nitrogens is 1. The van der Waals surface area contributed by atoms with Crippen LogP contribution in [0.15, 0.2) is 71.1 Å². The Morgan fingerprint density at radius 2 is 1.80 bits per heavy atom. The van der Waals surface area contributed by atoms with Crippen LogP contribution in [0, 0.1) is 0 Å². The van der Waals surface area contributed by atoms with Crippen molar-refractivity contribution >= 4 is 22.9 Å². The van der Waals surface area contributed by atoms with Gasteiger partial charge in [0.1, 0.15) is 11.5 Å². The lowest BCUT2D eigenvalue weighted by Gasteiger charge is -2.07. The average Bonchev–Trinajstić information content (AvgIpc) is 3.33. The number of fused-ring (bicyclic) bond motifs is 1. The van der Waals surface area contributed by atoms with Gasteiger partial charge in [-0.15, -0.1) is 0 Å². The van der Waals surface area contributed by atoms with E-state index in [1.165, 1.54) is 0 Å². The predicted molar refractivity (Wildman–Crippen MR) is 112 cm³/mol. The fourth-order valence-electron chi connectivity index (χ4n) is 3.42. The zero-order chi connectivity index (χ0) is 21.1. The van der Waals surface area contributed by atoms with Crippen molar-refractivity contribution in [2.45, 2.75) is 6.42 Å². The Labute approximate surface area is 172 Å². The number of amides is 2. The minimum absolute atomic E-state index is 0.200. The Hall–Kier alpha value is -3.84. The molecule has 0 aliphatic heterocycles. The van der Waals surface area contributed by atoms with Crippen LogP contribution in [0.1, 0.15) is 26.4 Å². The second-order valence-corrected chi connectivity index (χ2v) is 6.96. The second-order valence-electron chi connectivity index (χ2n) is 6.96. The summed E-state index contributed by atoms with van der Waals surface area (Å²) >= 11 is 0. The van der Waals surface area contributed by atoms with Crippen LogP contribution in [0.2, 0.25) is 0 Å². The first-order valence-electron chi connectivity index (χ1n) is 9.53. The molecule has 0 atom stereocenters. The lowest BCUT2D eigenvalue weighted by molar-refractivity contribution is 0.0706. The van der Waals surface area contributed by atoms with Gasteiger partial charge in [-0.2, -0.15) is 0 Å². The summed E-state index contributed by atoms with van der Waals surface area (Å²) in [6.45, 7) is 0.408. The molecule has 7 heteroatoms. The zero-order valence-electron chi connectivity index (χ0n) is 16.4. The van der Waals surface area contributed by atoms with Gasteiger partial charge in [0.15, 0.2) is 5.58 Å². The zero-order valence-corrected chi connectivity index (χ0v) is 16.4. The van der Waals surface area contributed by atoms with Crippen molar-refractivity contribution in [1.82, 2.24) is 15.4 Å². The van der Waals surface area contributed by atoms with E-state index < -0.39 is 5.91 Å². The molecule has 0 fully saturated rings. The molecule has 0 radical (unpaired) electrons. The Morgan fingerprint density at radius 3 is 2.53 bits per heavy atom. The van der Waals surface area contributed by atoms with Gasteiger partial charge in [-0.25, -0.2) is 5.48 Å². The first-order valence-corrected chi connectivity index (χ1v) is 9.53. The molecule has 4 aromatic rings. The number of nitrogens with zero attached hydrogens (tertiary/aromatic N) is 1. The van der Waals surface area contributed by atoms with E-state index >= 15 is 0 Å². The topological polar surface area (TPSA) is 96.5 Å². The van der Waals surface area contributed by atoms with Crippen molar-refractivity contribution in [2.24, 2.45) is 7.05 Å². The fourth-order valence-corrected chi connectivity index (χ4v) is 3.42. The Balaban J connectivity index is 1.43.